The van der Waals surface area contributed by atoms with Crippen LogP contribution in [0, 0.1) is 12.7 Å². The van der Waals surface area contributed by atoms with Gasteiger partial charge >= 0.3 is 0 Å². The molecule has 0 unspecified atom stereocenters. The molecule has 0 saturated heterocycles. The summed E-state index contributed by atoms with van der Waals surface area (Å²) in [6.07, 6.45) is 0.762. The van der Waals surface area contributed by atoms with Crippen molar-refractivity contribution in [1.29, 1.82) is 0 Å². The average molecular weight is 164 g/mol. The van der Waals surface area contributed by atoms with E-state index in [0.717, 1.165) is 23.1 Å². The Kier molecular flexibility index (Phi) is 2.64. The molecular formula is C11H13F. The Hall–Kier alpha value is -1.11. The first kappa shape index (κ1) is 8.98. The molecule has 0 spiro atoms. The van der Waals surface area contributed by atoms with Gasteiger partial charge in [-0.25, -0.2) is 4.39 Å². The minimum atomic E-state index is -0.161. The minimum absolute atomic E-state index is 0.161. The van der Waals surface area contributed by atoms with Gasteiger partial charge in [0.25, 0.3) is 0 Å². The van der Waals surface area contributed by atoms with Crippen molar-refractivity contribution < 1.29 is 4.39 Å². The summed E-state index contributed by atoms with van der Waals surface area (Å²) in [5.41, 5.74) is 3.02. The summed E-state index contributed by atoms with van der Waals surface area (Å²) >= 11 is 0. The highest BCUT2D eigenvalue weighted by molar-refractivity contribution is 5.26. The molecule has 0 amide bonds. The quantitative estimate of drug-likeness (QED) is 0.588. The molecule has 0 fully saturated rings. The van der Waals surface area contributed by atoms with E-state index in [1.165, 1.54) is 6.07 Å². The van der Waals surface area contributed by atoms with Crippen molar-refractivity contribution in [2.24, 2.45) is 0 Å². The maximum Gasteiger partial charge on any atom is 0.123 e. The molecule has 0 nitrogen and oxygen atoms in total. The lowest BCUT2D eigenvalue weighted by atomic mass is 10.1. The number of benzene rings is 1. The largest absolute Gasteiger partial charge is 0.207 e. The van der Waals surface area contributed by atoms with Crippen LogP contribution in [0.4, 0.5) is 4.39 Å². The van der Waals surface area contributed by atoms with E-state index in [9.17, 15) is 4.39 Å². The van der Waals surface area contributed by atoms with Gasteiger partial charge in [-0.15, -0.1) is 0 Å². The molecule has 0 radical (unpaired) electrons. The summed E-state index contributed by atoms with van der Waals surface area (Å²) in [6, 6.07) is 5.07. The number of allylic oxidation sites excluding steroid dienone is 1. The molecule has 0 aliphatic rings. The number of halogens is 1. The van der Waals surface area contributed by atoms with Gasteiger partial charge in [0.2, 0.25) is 0 Å². The topological polar surface area (TPSA) is 0 Å². The zero-order valence-electron chi connectivity index (χ0n) is 7.52. The Bertz CT molecular complexity index is 280. The van der Waals surface area contributed by atoms with Gasteiger partial charge in [-0.3, -0.25) is 0 Å². The number of rotatable bonds is 2. The van der Waals surface area contributed by atoms with Gasteiger partial charge in [0, 0.05) is 0 Å². The Balaban J connectivity index is 2.93. The summed E-state index contributed by atoms with van der Waals surface area (Å²) in [7, 11) is 0. The number of hydrogen-bond acceptors (Lipinski definition) is 0. The van der Waals surface area contributed by atoms with Crippen molar-refractivity contribution in [1.82, 2.24) is 0 Å². The zero-order chi connectivity index (χ0) is 9.14. The van der Waals surface area contributed by atoms with Crippen molar-refractivity contribution in [3.8, 4) is 0 Å². The lowest BCUT2D eigenvalue weighted by Gasteiger charge is -2.02. The van der Waals surface area contributed by atoms with Crippen LogP contribution < -0.4 is 0 Å². The second kappa shape index (κ2) is 3.53. The van der Waals surface area contributed by atoms with Crippen LogP contribution in [-0.4, -0.2) is 0 Å². The molecule has 0 aromatic heterocycles. The standard InChI is InChI=1S/C11H13F/c1-8(2)4-10-5-9(3)6-11(12)7-10/h5-7H,1,4H2,2-3H3. The van der Waals surface area contributed by atoms with Gasteiger partial charge in [0.05, 0.1) is 0 Å². The summed E-state index contributed by atoms with van der Waals surface area (Å²) in [5.74, 6) is -0.161. The van der Waals surface area contributed by atoms with E-state index in [2.05, 4.69) is 6.58 Å². The van der Waals surface area contributed by atoms with E-state index >= 15 is 0 Å². The lowest BCUT2D eigenvalue weighted by molar-refractivity contribution is 0.624. The predicted molar refractivity (Wildman–Crippen MR) is 49.7 cm³/mol. The molecule has 0 atom stereocenters. The fraction of sp³-hybridized carbons (Fsp3) is 0.273. The van der Waals surface area contributed by atoms with E-state index in [1.54, 1.807) is 6.07 Å². The highest BCUT2D eigenvalue weighted by atomic mass is 19.1. The molecule has 64 valence electrons. The van der Waals surface area contributed by atoms with E-state index in [-0.39, 0.29) is 5.82 Å². The molecule has 1 aromatic rings. The first-order valence-corrected chi connectivity index (χ1v) is 3.98. The molecule has 1 aromatic carbocycles. The molecule has 0 saturated carbocycles. The van der Waals surface area contributed by atoms with Crippen LogP contribution in [0.15, 0.2) is 30.4 Å². The molecule has 0 bridgehead atoms. The monoisotopic (exact) mass is 164 g/mol. The molecule has 0 N–H and O–H groups in total. The molecule has 0 aliphatic carbocycles. The highest BCUT2D eigenvalue weighted by Gasteiger charge is 1.97. The SMILES string of the molecule is C=C(C)Cc1cc(C)cc(F)c1. The second-order valence-corrected chi connectivity index (χ2v) is 3.27. The highest BCUT2D eigenvalue weighted by Crippen LogP contribution is 2.11. The molecular weight excluding hydrogens is 151 g/mol. The van der Waals surface area contributed by atoms with Crippen LogP contribution in [0.5, 0.6) is 0 Å². The lowest BCUT2D eigenvalue weighted by Crippen LogP contribution is -1.88. The predicted octanol–water partition coefficient (Wildman–Crippen LogP) is 3.25. The third kappa shape index (κ3) is 2.50. The maximum atomic E-state index is 12.8. The van der Waals surface area contributed by atoms with Crippen LogP contribution in [0.25, 0.3) is 0 Å². The van der Waals surface area contributed by atoms with Crippen molar-refractivity contribution in [2.75, 3.05) is 0 Å². The smallest absolute Gasteiger partial charge is 0.123 e. The van der Waals surface area contributed by atoms with Crippen LogP contribution in [0.3, 0.4) is 0 Å². The van der Waals surface area contributed by atoms with Gasteiger partial charge in [-0.2, -0.15) is 0 Å². The number of hydrogen-bond donors (Lipinski definition) is 0. The zero-order valence-corrected chi connectivity index (χ0v) is 7.52. The first-order valence-electron chi connectivity index (χ1n) is 3.98. The van der Waals surface area contributed by atoms with E-state index in [1.807, 2.05) is 19.9 Å². The Labute approximate surface area is 72.7 Å². The van der Waals surface area contributed by atoms with Gasteiger partial charge < -0.3 is 0 Å². The van der Waals surface area contributed by atoms with Gasteiger partial charge in [-0.1, -0.05) is 18.2 Å². The van der Waals surface area contributed by atoms with E-state index in [4.69, 9.17) is 0 Å². The summed E-state index contributed by atoms with van der Waals surface area (Å²) in [4.78, 5) is 0. The van der Waals surface area contributed by atoms with E-state index < -0.39 is 0 Å². The number of aryl methyl sites for hydroxylation is 1. The maximum absolute atomic E-state index is 12.8. The van der Waals surface area contributed by atoms with Gasteiger partial charge in [0.15, 0.2) is 0 Å². The van der Waals surface area contributed by atoms with Crippen molar-refractivity contribution in [2.45, 2.75) is 20.3 Å². The Morgan fingerprint density at radius 3 is 2.58 bits per heavy atom. The van der Waals surface area contributed by atoms with Crippen LogP contribution in [-0.2, 0) is 6.42 Å². The van der Waals surface area contributed by atoms with Gasteiger partial charge in [0.1, 0.15) is 5.82 Å². The van der Waals surface area contributed by atoms with Crippen LogP contribution >= 0.6 is 0 Å². The second-order valence-electron chi connectivity index (χ2n) is 3.27. The molecule has 0 aliphatic heterocycles. The summed E-state index contributed by atoms with van der Waals surface area (Å²) < 4.78 is 12.8. The Morgan fingerprint density at radius 1 is 1.42 bits per heavy atom. The molecule has 12 heavy (non-hydrogen) atoms. The van der Waals surface area contributed by atoms with Crippen LogP contribution in [0.2, 0.25) is 0 Å². The van der Waals surface area contributed by atoms with Crippen LogP contribution in [0.1, 0.15) is 18.1 Å². The van der Waals surface area contributed by atoms with Crippen molar-refractivity contribution in [3.05, 3.63) is 47.3 Å². The third-order valence-corrected chi connectivity index (χ3v) is 1.61. The average Bonchev–Trinajstić information content (AvgIpc) is 1.81. The van der Waals surface area contributed by atoms with Gasteiger partial charge in [-0.05, 0) is 43.5 Å². The third-order valence-electron chi connectivity index (χ3n) is 1.61. The summed E-state index contributed by atoms with van der Waals surface area (Å²) in [5, 5.41) is 0. The van der Waals surface area contributed by atoms with Crippen molar-refractivity contribution >= 4 is 0 Å². The normalized spacial score (nSPS) is 9.92. The first-order chi connectivity index (χ1) is 5.58. The fourth-order valence-corrected chi connectivity index (χ4v) is 1.26. The molecule has 1 heteroatoms. The molecule has 0 heterocycles. The summed E-state index contributed by atoms with van der Waals surface area (Å²) in [6.45, 7) is 7.63. The van der Waals surface area contributed by atoms with E-state index in [0.29, 0.717) is 0 Å². The fourth-order valence-electron chi connectivity index (χ4n) is 1.26. The molecule has 1 rings (SSSR count). The Morgan fingerprint density at radius 2 is 2.08 bits per heavy atom. The van der Waals surface area contributed by atoms with Crippen molar-refractivity contribution in [3.63, 3.8) is 0 Å². The minimum Gasteiger partial charge on any atom is -0.207 e.